The lowest BCUT2D eigenvalue weighted by atomic mass is 9.95. The number of halogens is 1. The van der Waals surface area contributed by atoms with Crippen LogP contribution in [0.4, 0.5) is 4.39 Å². The first-order valence-electron chi connectivity index (χ1n) is 5.93. The van der Waals surface area contributed by atoms with E-state index < -0.39 is 29.7 Å². The quantitative estimate of drug-likeness (QED) is 0.828. The van der Waals surface area contributed by atoms with E-state index in [0.29, 0.717) is 0 Å². The van der Waals surface area contributed by atoms with Crippen molar-refractivity contribution < 1.29 is 24.2 Å². The van der Waals surface area contributed by atoms with Crippen molar-refractivity contribution in [2.75, 3.05) is 13.1 Å². The summed E-state index contributed by atoms with van der Waals surface area (Å²) < 4.78 is 12.8. The Morgan fingerprint density at radius 3 is 2.42 bits per heavy atom. The molecule has 6 heteroatoms. The number of amides is 1. The van der Waals surface area contributed by atoms with Crippen LogP contribution in [0.25, 0.3) is 0 Å². The first-order valence-corrected chi connectivity index (χ1v) is 5.93. The molecule has 0 aliphatic carbocycles. The summed E-state index contributed by atoms with van der Waals surface area (Å²) in [5.41, 5.74) is 0.277. The van der Waals surface area contributed by atoms with Crippen LogP contribution < -0.4 is 0 Å². The highest BCUT2D eigenvalue weighted by Gasteiger charge is 2.33. The molecule has 1 heterocycles. The molecule has 1 aromatic rings. The van der Waals surface area contributed by atoms with E-state index in [2.05, 4.69) is 0 Å². The standard InChI is InChI=1S/C13H14FNO4/c14-10-3-1-8(2-4-10)12(17)15-6-9(13(18)19)5-11(16)7-15/h1-4,9,11,16H,5-7H2,(H,18,19). The predicted molar refractivity (Wildman–Crippen MR) is 64.1 cm³/mol. The average Bonchev–Trinajstić information content (AvgIpc) is 2.38. The zero-order valence-corrected chi connectivity index (χ0v) is 10.1. The maximum absolute atomic E-state index is 12.8. The minimum absolute atomic E-state index is 0.0581. The van der Waals surface area contributed by atoms with Crippen molar-refractivity contribution in [2.45, 2.75) is 12.5 Å². The van der Waals surface area contributed by atoms with Crippen molar-refractivity contribution in [1.82, 2.24) is 4.90 Å². The second-order valence-electron chi connectivity index (χ2n) is 4.64. The maximum atomic E-state index is 12.8. The number of nitrogens with zero attached hydrogens (tertiary/aromatic N) is 1. The normalized spacial score (nSPS) is 23.2. The van der Waals surface area contributed by atoms with E-state index in [-0.39, 0.29) is 25.1 Å². The number of β-amino-alcohol motifs (C(OH)–C–C–N with tert-alkyl or cyclic N) is 1. The number of piperidine rings is 1. The average molecular weight is 267 g/mol. The number of carboxylic acids is 1. The second-order valence-corrected chi connectivity index (χ2v) is 4.64. The number of aliphatic hydroxyl groups excluding tert-OH is 1. The van der Waals surface area contributed by atoms with Crippen molar-refractivity contribution >= 4 is 11.9 Å². The predicted octanol–water partition coefficient (Wildman–Crippen LogP) is 0.733. The van der Waals surface area contributed by atoms with Gasteiger partial charge in [-0.3, -0.25) is 9.59 Å². The number of likely N-dealkylation sites (tertiary alicyclic amines) is 1. The highest BCUT2D eigenvalue weighted by Crippen LogP contribution is 2.19. The van der Waals surface area contributed by atoms with Gasteiger partial charge in [-0.1, -0.05) is 0 Å². The first-order chi connectivity index (χ1) is 8.97. The van der Waals surface area contributed by atoms with E-state index in [0.717, 1.165) is 0 Å². The number of aliphatic carboxylic acids is 1. The third-order valence-electron chi connectivity index (χ3n) is 3.16. The SMILES string of the molecule is O=C(O)C1CC(O)CN(C(=O)c2ccc(F)cc2)C1. The molecule has 0 spiro atoms. The molecule has 1 aliphatic rings. The van der Waals surface area contributed by atoms with Crippen molar-refractivity contribution in [1.29, 1.82) is 0 Å². The van der Waals surface area contributed by atoms with E-state index >= 15 is 0 Å². The van der Waals surface area contributed by atoms with Gasteiger partial charge >= 0.3 is 5.97 Å². The molecule has 1 amide bonds. The van der Waals surface area contributed by atoms with Gasteiger partial charge in [0, 0.05) is 18.7 Å². The second kappa shape index (κ2) is 5.36. The Bertz CT molecular complexity index is 488. The number of aliphatic hydroxyl groups is 1. The van der Waals surface area contributed by atoms with Crippen LogP contribution in [-0.2, 0) is 4.79 Å². The zero-order chi connectivity index (χ0) is 14.0. The van der Waals surface area contributed by atoms with Crippen LogP contribution in [0.3, 0.4) is 0 Å². The molecule has 1 saturated heterocycles. The van der Waals surface area contributed by atoms with Crippen molar-refractivity contribution in [3.8, 4) is 0 Å². The number of benzene rings is 1. The van der Waals surface area contributed by atoms with Gasteiger partial charge in [0.05, 0.1) is 12.0 Å². The number of carbonyl (C=O) groups excluding carboxylic acids is 1. The third-order valence-corrected chi connectivity index (χ3v) is 3.16. The molecular weight excluding hydrogens is 253 g/mol. The lowest BCUT2D eigenvalue weighted by Crippen LogP contribution is -2.48. The van der Waals surface area contributed by atoms with Crippen molar-refractivity contribution in [3.63, 3.8) is 0 Å². The molecule has 2 rings (SSSR count). The molecule has 1 aromatic carbocycles. The van der Waals surface area contributed by atoms with E-state index in [1.54, 1.807) is 0 Å². The van der Waals surface area contributed by atoms with Crippen molar-refractivity contribution in [3.05, 3.63) is 35.6 Å². The maximum Gasteiger partial charge on any atom is 0.308 e. The third kappa shape index (κ3) is 3.08. The number of hydrogen-bond donors (Lipinski definition) is 2. The van der Waals surface area contributed by atoms with Gasteiger partial charge in [-0.2, -0.15) is 0 Å². The van der Waals surface area contributed by atoms with E-state index in [4.69, 9.17) is 5.11 Å². The summed E-state index contributed by atoms with van der Waals surface area (Å²) in [5, 5.41) is 18.6. The van der Waals surface area contributed by atoms with Crippen LogP contribution in [0, 0.1) is 11.7 Å². The molecule has 2 N–H and O–H groups in total. The molecule has 1 fully saturated rings. The van der Waals surface area contributed by atoms with Crippen LogP contribution in [0.1, 0.15) is 16.8 Å². The Morgan fingerprint density at radius 2 is 1.84 bits per heavy atom. The number of hydrogen-bond acceptors (Lipinski definition) is 3. The van der Waals surface area contributed by atoms with Gasteiger partial charge in [0.25, 0.3) is 5.91 Å². The molecular formula is C13H14FNO4. The van der Waals surface area contributed by atoms with Gasteiger partial charge < -0.3 is 15.1 Å². The highest BCUT2D eigenvalue weighted by molar-refractivity contribution is 5.94. The van der Waals surface area contributed by atoms with Gasteiger partial charge in [0.15, 0.2) is 0 Å². The number of carboxylic acid groups (broad SMARTS) is 1. The van der Waals surface area contributed by atoms with Crippen LogP contribution >= 0.6 is 0 Å². The van der Waals surface area contributed by atoms with Gasteiger partial charge in [0.2, 0.25) is 0 Å². The fraction of sp³-hybridized carbons (Fsp3) is 0.385. The van der Waals surface area contributed by atoms with Gasteiger partial charge in [-0.15, -0.1) is 0 Å². The van der Waals surface area contributed by atoms with Crippen LogP contribution in [0.5, 0.6) is 0 Å². The van der Waals surface area contributed by atoms with Crippen molar-refractivity contribution in [2.24, 2.45) is 5.92 Å². The Balaban J connectivity index is 2.14. The van der Waals surface area contributed by atoms with Gasteiger partial charge in [0.1, 0.15) is 5.82 Å². The molecule has 102 valence electrons. The summed E-state index contributed by atoms with van der Waals surface area (Å²) in [4.78, 5) is 24.4. The summed E-state index contributed by atoms with van der Waals surface area (Å²) in [6.07, 6.45) is -0.707. The molecule has 0 saturated carbocycles. The fourth-order valence-electron chi connectivity index (χ4n) is 2.19. The Hall–Kier alpha value is -1.95. The molecule has 5 nitrogen and oxygen atoms in total. The van der Waals surface area contributed by atoms with E-state index in [9.17, 15) is 19.1 Å². The first kappa shape index (κ1) is 13.5. The molecule has 0 bridgehead atoms. The largest absolute Gasteiger partial charge is 0.481 e. The minimum Gasteiger partial charge on any atom is -0.481 e. The Labute approximate surface area is 109 Å². The molecule has 2 unspecified atom stereocenters. The Morgan fingerprint density at radius 1 is 1.21 bits per heavy atom. The molecule has 1 aliphatic heterocycles. The lowest BCUT2D eigenvalue weighted by Gasteiger charge is -2.33. The van der Waals surface area contributed by atoms with Crippen LogP contribution in [0.15, 0.2) is 24.3 Å². The zero-order valence-electron chi connectivity index (χ0n) is 10.1. The van der Waals surface area contributed by atoms with Crippen LogP contribution in [-0.4, -0.2) is 46.2 Å². The number of carbonyl (C=O) groups is 2. The summed E-state index contributed by atoms with van der Waals surface area (Å²) in [6.45, 7) is 0.155. The van der Waals surface area contributed by atoms with E-state index in [1.165, 1.54) is 29.2 Å². The number of rotatable bonds is 2. The minimum atomic E-state index is -1.03. The van der Waals surface area contributed by atoms with E-state index in [1.807, 2.05) is 0 Å². The van der Waals surface area contributed by atoms with Gasteiger partial charge in [-0.25, -0.2) is 4.39 Å². The topological polar surface area (TPSA) is 77.8 Å². The summed E-state index contributed by atoms with van der Waals surface area (Å²) in [7, 11) is 0. The van der Waals surface area contributed by atoms with Crippen LogP contribution in [0.2, 0.25) is 0 Å². The fourth-order valence-corrected chi connectivity index (χ4v) is 2.19. The monoisotopic (exact) mass is 267 g/mol. The lowest BCUT2D eigenvalue weighted by molar-refractivity contribution is -0.144. The molecule has 2 atom stereocenters. The highest BCUT2D eigenvalue weighted by atomic mass is 19.1. The Kier molecular flexibility index (Phi) is 3.80. The summed E-state index contributed by atoms with van der Waals surface area (Å²) in [5.74, 6) is -2.65. The summed E-state index contributed by atoms with van der Waals surface area (Å²) in [6, 6.07) is 5.02. The molecule has 19 heavy (non-hydrogen) atoms. The molecule has 0 aromatic heterocycles. The van der Waals surface area contributed by atoms with Gasteiger partial charge in [-0.05, 0) is 30.7 Å². The molecule has 0 radical (unpaired) electrons. The summed E-state index contributed by atoms with van der Waals surface area (Å²) >= 11 is 0. The smallest absolute Gasteiger partial charge is 0.308 e.